The van der Waals surface area contributed by atoms with Gasteiger partial charge in [0.25, 0.3) is 0 Å². The van der Waals surface area contributed by atoms with Crippen LogP contribution in [0.2, 0.25) is 0 Å². The number of hydrogen-bond donors (Lipinski definition) is 1. The molecule has 0 aliphatic carbocycles. The summed E-state index contributed by atoms with van der Waals surface area (Å²) in [7, 11) is 1.20. The molecule has 0 aromatic carbocycles. The van der Waals surface area contributed by atoms with Crippen LogP contribution in [0.5, 0.6) is 0 Å². The van der Waals surface area contributed by atoms with Crippen molar-refractivity contribution < 1.29 is 4.21 Å². The molecule has 1 saturated heterocycles. The lowest BCUT2D eigenvalue weighted by molar-refractivity contribution is 0.268. The first-order valence-corrected chi connectivity index (χ1v) is 6.76. The van der Waals surface area contributed by atoms with Gasteiger partial charge >= 0.3 is 0 Å². The zero-order valence-electron chi connectivity index (χ0n) is 9.45. The lowest BCUT2D eigenvalue weighted by atomic mass is 10.00. The molecule has 0 saturated carbocycles. The fourth-order valence-corrected chi connectivity index (χ4v) is 2.65. The third-order valence-electron chi connectivity index (χ3n) is 3.00. The second-order valence-electron chi connectivity index (χ2n) is 4.13. The first-order chi connectivity index (χ1) is 7.09. The molecule has 0 aromatic rings. The standard InChI is InChI=1S/C10H19N3OS/c1-10(9-11,12-2)3-4-13-5-7-15(14)8-6-13/h12H,3-8H2,1-2H3. The highest BCUT2D eigenvalue weighted by molar-refractivity contribution is 7.85. The van der Waals surface area contributed by atoms with Crippen LogP contribution in [0.3, 0.4) is 0 Å². The van der Waals surface area contributed by atoms with E-state index in [2.05, 4.69) is 16.3 Å². The molecule has 0 radical (unpaired) electrons. The molecule has 5 heteroatoms. The van der Waals surface area contributed by atoms with Crippen LogP contribution in [0.25, 0.3) is 0 Å². The van der Waals surface area contributed by atoms with Crippen molar-refractivity contribution in [1.29, 1.82) is 5.26 Å². The molecule has 1 aliphatic heterocycles. The molecule has 4 nitrogen and oxygen atoms in total. The molecule has 1 unspecified atom stereocenters. The van der Waals surface area contributed by atoms with Gasteiger partial charge in [0.15, 0.2) is 0 Å². The smallest absolute Gasteiger partial charge is 0.104 e. The molecule has 15 heavy (non-hydrogen) atoms. The highest BCUT2D eigenvalue weighted by Crippen LogP contribution is 2.10. The summed E-state index contributed by atoms with van der Waals surface area (Å²) in [6, 6.07) is 2.28. The van der Waals surface area contributed by atoms with Crippen LogP contribution >= 0.6 is 0 Å². The second-order valence-corrected chi connectivity index (χ2v) is 5.83. The summed E-state index contributed by atoms with van der Waals surface area (Å²) < 4.78 is 11.1. The average Bonchev–Trinajstić information content (AvgIpc) is 2.28. The van der Waals surface area contributed by atoms with Gasteiger partial charge in [0.05, 0.1) is 6.07 Å². The molecule has 1 atom stereocenters. The van der Waals surface area contributed by atoms with Crippen molar-refractivity contribution in [2.24, 2.45) is 0 Å². The molecule has 1 heterocycles. The lowest BCUT2D eigenvalue weighted by Crippen LogP contribution is -2.44. The van der Waals surface area contributed by atoms with Gasteiger partial charge in [-0.1, -0.05) is 0 Å². The molecule has 86 valence electrons. The van der Waals surface area contributed by atoms with Crippen molar-refractivity contribution in [3.05, 3.63) is 0 Å². The van der Waals surface area contributed by atoms with Crippen LogP contribution in [0, 0.1) is 11.3 Å². The number of nitrogens with zero attached hydrogens (tertiary/aromatic N) is 2. The van der Waals surface area contributed by atoms with Gasteiger partial charge in [-0.15, -0.1) is 0 Å². The fourth-order valence-electron chi connectivity index (χ4n) is 1.52. The van der Waals surface area contributed by atoms with E-state index >= 15 is 0 Å². The Bertz CT molecular complexity index is 266. The van der Waals surface area contributed by atoms with E-state index in [1.165, 1.54) is 0 Å². The second kappa shape index (κ2) is 5.59. The Kier molecular flexibility index (Phi) is 4.71. The van der Waals surface area contributed by atoms with E-state index < -0.39 is 16.3 Å². The number of nitrogens with one attached hydrogen (secondary N) is 1. The van der Waals surface area contributed by atoms with Crippen LogP contribution in [0.4, 0.5) is 0 Å². The van der Waals surface area contributed by atoms with Crippen molar-refractivity contribution in [2.45, 2.75) is 18.9 Å². The van der Waals surface area contributed by atoms with E-state index in [0.29, 0.717) is 0 Å². The molecule has 0 bridgehead atoms. The maximum atomic E-state index is 11.1. The molecular formula is C10H19N3OS. The van der Waals surface area contributed by atoms with Crippen LogP contribution in [-0.2, 0) is 10.8 Å². The van der Waals surface area contributed by atoms with Gasteiger partial charge in [0.2, 0.25) is 0 Å². The highest BCUT2D eigenvalue weighted by Gasteiger charge is 2.23. The Morgan fingerprint density at radius 3 is 2.60 bits per heavy atom. The van der Waals surface area contributed by atoms with Crippen LogP contribution < -0.4 is 5.32 Å². The molecule has 1 rings (SSSR count). The van der Waals surface area contributed by atoms with E-state index in [4.69, 9.17) is 5.26 Å². The topological polar surface area (TPSA) is 56.1 Å². The number of rotatable bonds is 4. The number of hydrogen-bond acceptors (Lipinski definition) is 4. The Morgan fingerprint density at radius 1 is 1.53 bits per heavy atom. The van der Waals surface area contributed by atoms with Crippen LogP contribution in [0.1, 0.15) is 13.3 Å². The largest absolute Gasteiger partial charge is 0.303 e. The minimum absolute atomic E-state index is 0.434. The zero-order chi connectivity index (χ0) is 11.3. The summed E-state index contributed by atoms with van der Waals surface area (Å²) >= 11 is 0. The van der Waals surface area contributed by atoms with Crippen LogP contribution in [-0.4, -0.2) is 52.8 Å². The summed E-state index contributed by atoms with van der Waals surface area (Å²) in [5, 5.41) is 12.0. The van der Waals surface area contributed by atoms with Crippen LogP contribution in [0.15, 0.2) is 0 Å². The van der Waals surface area contributed by atoms with Gasteiger partial charge in [-0.05, 0) is 20.4 Å². The Balaban J connectivity index is 2.31. The summed E-state index contributed by atoms with van der Waals surface area (Å²) in [5.41, 5.74) is -0.434. The summed E-state index contributed by atoms with van der Waals surface area (Å²) in [6.07, 6.45) is 0.812. The van der Waals surface area contributed by atoms with Crippen molar-refractivity contribution in [1.82, 2.24) is 10.2 Å². The molecular weight excluding hydrogens is 210 g/mol. The third-order valence-corrected chi connectivity index (χ3v) is 4.27. The SMILES string of the molecule is CNC(C)(C#N)CCN1CCS(=O)CC1. The summed E-state index contributed by atoms with van der Waals surface area (Å²) in [5.74, 6) is 1.56. The normalized spacial score (nSPS) is 23.3. The fraction of sp³-hybridized carbons (Fsp3) is 0.900. The van der Waals surface area contributed by atoms with Gasteiger partial charge in [0, 0.05) is 41.9 Å². The first-order valence-electron chi connectivity index (χ1n) is 5.27. The maximum Gasteiger partial charge on any atom is 0.104 e. The minimum Gasteiger partial charge on any atom is -0.303 e. The van der Waals surface area contributed by atoms with E-state index in [0.717, 1.165) is 37.6 Å². The maximum absolute atomic E-state index is 11.1. The van der Waals surface area contributed by atoms with Gasteiger partial charge in [-0.25, -0.2) is 0 Å². The monoisotopic (exact) mass is 229 g/mol. The van der Waals surface area contributed by atoms with E-state index in [1.807, 2.05) is 14.0 Å². The van der Waals surface area contributed by atoms with E-state index in [1.54, 1.807) is 0 Å². The van der Waals surface area contributed by atoms with Gasteiger partial charge in [-0.2, -0.15) is 5.26 Å². The van der Waals surface area contributed by atoms with Crippen molar-refractivity contribution >= 4 is 10.8 Å². The molecule has 1 fully saturated rings. The zero-order valence-corrected chi connectivity index (χ0v) is 10.3. The van der Waals surface area contributed by atoms with E-state index in [-0.39, 0.29) is 0 Å². The molecule has 0 spiro atoms. The van der Waals surface area contributed by atoms with Crippen molar-refractivity contribution in [3.8, 4) is 6.07 Å². The predicted octanol–water partition coefficient (Wildman–Crippen LogP) is -0.0575. The highest BCUT2D eigenvalue weighted by atomic mass is 32.2. The Labute approximate surface area is 94.1 Å². The summed E-state index contributed by atoms with van der Waals surface area (Å²) in [6.45, 7) is 4.62. The van der Waals surface area contributed by atoms with Crippen molar-refractivity contribution in [2.75, 3.05) is 38.2 Å². The van der Waals surface area contributed by atoms with Crippen molar-refractivity contribution in [3.63, 3.8) is 0 Å². The summed E-state index contributed by atoms with van der Waals surface area (Å²) in [4.78, 5) is 2.29. The number of nitriles is 1. The molecule has 1 aliphatic rings. The molecule has 0 aromatic heterocycles. The molecule has 0 amide bonds. The third kappa shape index (κ3) is 3.90. The Hall–Kier alpha value is -0.440. The Morgan fingerprint density at radius 2 is 2.13 bits per heavy atom. The first kappa shape index (κ1) is 12.6. The van der Waals surface area contributed by atoms with E-state index in [9.17, 15) is 4.21 Å². The van der Waals surface area contributed by atoms with Gasteiger partial charge in [-0.3, -0.25) is 4.21 Å². The molecule has 1 N–H and O–H groups in total. The minimum atomic E-state index is -0.612. The average molecular weight is 229 g/mol. The lowest BCUT2D eigenvalue weighted by Gasteiger charge is -2.29. The van der Waals surface area contributed by atoms with Gasteiger partial charge < -0.3 is 10.2 Å². The predicted molar refractivity (Wildman–Crippen MR) is 62.0 cm³/mol. The van der Waals surface area contributed by atoms with Gasteiger partial charge in [0.1, 0.15) is 5.54 Å². The quantitative estimate of drug-likeness (QED) is 0.734.